The van der Waals surface area contributed by atoms with E-state index in [1.807, 2.05) is 55.5 Å². The van der Waals surface area contributed by atoms with Gasteiger partial charge >= 0.3 is 0 Å². The summed E-state index contributed by atoms with van der Waals surface area (Å²) in [5, 5.41) is 17.2. The molecule has 0 radical (unpaired) electrons. The van der Waals surface area contributed by atoms with Gasteiger partial charge in [0.25, 0.3) is 0 Å². The standard InChI is InChI=1S/C22H17NO/c1-16-7-6-10-19(13-16)23(24)15-22-20-11-4-2-8-17(20)14-18-9-3-5-12-21(18)22/h2-15H,1H3/b23-15+. The zero-order valence-corrected chi connectivity index (χ0v) is 13.4. The summed E-state index contributed by atoms with van der Waals surface area (Å²) in [6, 6.07) is 26.2. The highest BCUT2D eigenvalue weighted by Crippen LogP contribution is 2.27. The Morgan fingerprint density at radius 2 is 1.38 bits per heavy atom. The van der Waals surface area contributed by atoms with Gasteiger partial charge in [-0.25, -0.2) is 0 Å². The van der Waals surface area contributed by atoms with E-state index in [4.69, 9.17) is 0 Å². The Bertz CT molecular complexity index is 1030. The molecule has 24 heavy (non-hydrogen) atoms. The molecule has 0 atom stereocenters. The van der Waals surface area contributed by atoms with Crippen LogP contribution in [-0.2, 0) is 0 Å². The molecular formula is C22H17NO. The molecule has 0 aliphatic carbocycles. The van der Waals surface area contributed by atoms with Crippen LogP contribution in [0.5, 0.6) is 0 Å². The van der Waals surface area contributed by atoms with Gasteiger partial charge in [-0.3, -0.25) is 0 Å². The first-order chi connectivity index (χ1) is 11.7. The van der Waals surface area contributed by atoms with Gasteiger partial charge in [0, 0.05) is 12.1 Å². The summed E-state index contributed by atoms with van der Waals surface area (Å²) in [5.74, 6) is 0. The summed E-state index contributed by atoms with van der Waals surface area (Å²) < 4.78 is 0.960. The molecule has 0 aliphatic rings. The van der Waals surface area contributed by atoms with E-state index in [0.717, 1.165) is 37.4 Å². The van der Waals surface area contributed by atoms with Crippen LogP contribution in [0.1, 0.15) is 11.1 Å². The van der Waals surface area contributed by atoms with Crippen molar-refractivity contribution in [1.29, 1.82) is 0 Å². The first kappa shape index (κ1) is 14.5. The molecule has 0 aliphatic heterocycles. The van der Waals surface area contributed by atoms with E-state index in [1.54, 1.807) is 6.21 Å². The summed E-state index contributed by atoms with van der Waals surface area (Å²) in [6.07, 6.45) is 1.69. The summed E-state index contributed by atoms with van der Waals surface area (Å²) in [6.45, 7) is 1.99. The lowest BCUT2D eigenvalue weighted by atomic mass is 9.97. The van der Waals surface area contributed by atoms with Crippen molar-refractivity contribution >= 4 is 33.4 Å². The molecule has 0 amide bonds. The predicted molar refractivity (Wildman–Crippen MR) is 101 cm³/mol. The van der Waals surface area contributed by atoms with Gasteiger partial charge < -0.3 is 5.21 Å². The second kappa shape index (κ2) is 5.82. The molecule has 0 fully saturated rings. The minimum atomic E-state index is 0.645. The third-order valence-electron chi connectivity index (χ3n) is 4.32. The number of fused-ring (bicyclic) bond motifs is 2. The van der Waals surface area contributed by atoms with Crippen LogP contribution in [-0.4, -0.2) is 11.0 Å². The molecule has 0 saturated heterocycles. The molecule has 2 nitrogen and oxygen atoms in total. The number of nitrogens with zero attached hydrogens (tertiary/aromatic N) is 1. The van der Waals surface area contributed by atoms with Gasteiger partial charge in [0.15, 0.2) is 6.21 Å². The van der Waals surface area contributed by atoms with Crippen LogP contribution >= 0.6 is 0 Å². The van der Waals surface area contributed by atoms with Crippen molar-refractivity contribution in [3.8, 4) is 0 Å². The Hall–Kier alpha value is -3.13. The van der Waals surface area contributed by atoms with E-state index < -0.39 is 0 Å². The quantitative estimate of drug-likeness (QED) is 0.156. The van der Waals surface area contributed by atoms with Crippen molar-refractivity contribution in [2.45, 2.75) is 6.92 Å². The SMILES string of the molecule is Cc1cccc(/[N+]([O-])=C\c2c3ccccc3cc3ccccc23)c1. The van der Waals surface area contributed by atoms with Crippen molar-refractivity contribution in [3.05, 3.63) is 95.2 Å². The molecule has 4 rings (SSSR count). The van der Waals surface area contributed by atoms with E-state index in [1.165, 1.54) is 0 Å². The minimum absolute atomic E-state index is 0.645. The fourth-order valence-electron chi connectivity index (χ4n) is 3.14. The lowest BCUT2D eigenvalue weighted by Crippen LogP contribution is -2.00. The van der Waals surface area contributed by atoms with E-state index in [0.29, 0.717) is 5.69 Å². The fourth-order valence-corrected chi connectivity index (χ4v) is 3.14. The maximum absolute atomic E-state index is 12.7. The van der Waals surface area contributed by atoms with E-state index in [2.05, 4.69) is 30.3 Å². The average molecular weight is 311 g/mol. The van der Waals surface area contributed by atoms with Crippen LogP contribution in [0.25, 0.3) is 21.5 Å². The third kappa shape index (κ3) is 2.52. The van der Waals surface area contributed by atoms with Crippen LogP contribution < -0.4 is 0 Å². The maximum atomic E-state index is 12.7. The molecule has 0 saturated carbocycles. The smallest absolute Gasteiger partial charge is 0.216 e. The van der Waals surface area contributed by atoms with Crippen molar-refractivity contribution < 1.29 is 4.74 Å². The number of hydrogen-bond acceptors (Lipinski definition) is 1. The Kier molecular flexibility index (Phi) is 3.51. The fraction of sp³-hybridized carbons (Fsp3) is 0.0455. The lowest BCUT2D eigenvalue weighted by molar-refractivity contribution is -0.354. The number of aryl methyl sites for hydroxylation is 1. The molecule has 2 heteroatoms. The van der Waals surface area contributed by atoms with Crippen LogP contribution in [0.2, 0.25) is 0 Å². The second-order valence-corrected chi connectivity index (χ2v) is 6.03. The maximum Gasteiger partial charge on any atom is 0.216 e. The predicted octanol–water partition coefficient (Wildman–Crippen LogP) is 5.56. The molecule has 0 aromatic heterocycles. The second-order valence-electron chi connectivity index (χ2n) is 6.03. The summed E-state index contributed by atoms with van der Waals surface area (Å²) >= 11 is 0. The monoisotopic (exact) mass is 311 g/mol. The Morgan fingerprint density at radius 3 is 2.00 bits per heavy atom. The van der Waals surface area contributed by atoms with Crippen molar-refractivity contribution in [1.82, 2.24) is 0 Å². The number of hydrogen-bond donors (Lipinski definition) is 0. The highest BCUT2D eigenvalue weighted by atomic mass is 16.5. The summed E-state index contributed by atoms with van der Waals surface area (Å²) in [4.78, 5) is 0. The van der Waals surface area contributed by atoms with Gasteiger partial charge in [-0.1, -0.05) is 60.7 Å². The molecule has 0 unspecified atom stereocenters. The molecular weight excluding hydrogens is 294 g/mol. The Balaban J connectivity index is 2.01. The molecule has 116 valence electrons. The van der Waals surface area contributed by atoms with Crippen LogP contribution in [0.3, 0.4) is 0 Å². The molecule has 4 aromatic rings. The van der Waals surface area contributed by atoms with E-state index >= 15 is 0 Å². The van der Waals surface area contributed by atoms with Crippen molar-refractivity contribution in [2.24, 2.45) is 0 Å². The molecule has 0 N–H and O–H groups in total. The Labute approximate surface area is 140 Å². The molecule has 0 heterocycles. The van der Waals surface area contributed by atoms with E-state index in [-0.39, 0.29) is 0 Å². The minimum Gasteiger partial charge on any atom is -0.618 e. The normalized spacial score (nSPS) is 12.0. The van der Waals surface area contributed by atoms with Gasteiger partial charge in [-0.15, -0.1) is 0 Å². The first-order valence-electron chi connectivity index (χ1n) is 8.01. The lowest BCUT2D eigenvalue weighted by Gasteiger charge is -2.09. The van der Waals surface area contributed by atoms with E-state index in [9.17, 15) is 5.21 Å². The number of benzene rings is 4. The van der Waals surface area contributed by atoms with Crippen molar-refractivity contribution in [2.75, 3.05) is 0 Å². The highest BCUT2D eigenvalue weighted by Gasteiger charge is 2.10. The number of rotatable bonds is 2. The van der Waals surface area contributed by atoms with Crippen LogP contribution in [0.15, 0.2) is 78.9 Å². The first-order valence-corrected chi connectivity index (χ1v) is 8.01. The summed E-state index contributed by atoms with van der Waals surface area (Å²) in [7, 11) is 0. The van der Waals surface area contributed by atoms with Crippen LogP contribution in [0.4, 0.5) is 5.69 Å². The van der Waals surface area contributed by atoms with Gasteiger partial charge in [-0.2, -0.15) is 4.74 Å². The average Bonchev–Trinajstić information content (AvgIpc) is 2.61. The van der Waals surface area contributed by atoms with Crippen LogP contribution in [0, 0.1) is 12.1 Å². The van der Waals surface area contributed by atoms with Gasteiger partial charge in [0.1, 0.15) is 0 Å². The summed E-state index contributed by atoms with van der Waals surface area (Å²) in [5.41, 5.74) is 2.68. The van der Waals surface area contributed by atoms with Crippen molar-refractivity contribution in [3.63, 3.8) is 0 Å². The highest BCUT2D eigenvalue weighted by molar-refractivity contribution is 6.12. The molecule has 0 bridgehead atoms. The van der Waals surface area contributed by atoms with Gasteiger partial charge in [0.05, 0.1) is 5.56 Å². The zero-order chi connectivity index (χ0) is 16.5. The van der Waals surface area contributed by atoms with Gasteiger partial charge in [-0.05, 0) is 40.1 Å². The third-order valence-corrected chi connectivity index (χ3v) is 4.32. The Morgan fingerprint density at radius 1 is 0.750 bits per heavy atom. The molecule has 0 spiro atoms. The largest absolute Gasteiger partial charge is 0.618 e. The zero-order valence-electron chi connectivity index (χ0n) is 13.4. The molecule has 4 aromatic carbocycles. The van der Waals surface area contributed by atoms with Gasteiger partial charge in [0.2, 0.25) is 5.69 Å². The topological polar surface area (TPSA) is 26.1 Å².